The Balaban J connectivity index is 1.45. The maximum absolute atomic E-state index is 6.80. The highest BCUT2D eigenvalue weighted by Crippen LogP contribution is 2.39. The van der Waals surface area contributed by atoms with Crippen molar-refractivity contribution in [2.45, 2.75) is 57.8 Å². The molecule has 4 aromatic rings. The van der Waals surface area contributed by atoms with E-state index in [1.165, 1.54) is 33.4 Å². The lowest BCUT2D eigenvalue weighted by Crippen LogP contribution is -2.03. The summed E-state index contributed by atoms with van der Waals surface area (Å²) in [6, 6.07) is 12.7. The fourth-order valence-corrected chi connectivity index (χ4v) is 6.85. The number of nitrogens with zero attached hydrogens (tertiary/aromatic N) is 3. The average Bonchev–Trinajstić information content (AvgIpc) is 3.62. The Hall–Kier alpha value is -2.46. The standard InChI is InChI=1S/C30H24Cl3N3/c31-25-13-19-7-1-4-16(19)10-22(25)28-34-29(23-11-17-5-2-8-20(17)14-26(23)32)36-30(35-28)24-12-18-6-3-9-21(18)15-27(24)33/h10-15H,1-9H2. The van der Waals surface area contributed by atoms with Crippen LogP contribution in [0.5, 0.6) is 0 Å². The molecule has 0 atom stereocenters. The lowest BCUT2D eigenvalue weighted by atomic mass is 10.0. The fraction of sp³-hybridized carbons (Fsp3) is 0.300. The van der Waals surface area contributed by atoms with E-state index in [1.807, 2.05) is 0 Å². The van der Waals surface area contributed by atoms with Gasteiger partial charge in [-0.3, -0.25) is 0 Å². The summed E-state index contributed by atoms with van der Waals surface area (Å²) in [5.41, 5.74) is 10.4. The summed E-state index contributed by atoms with van der Waals surface area (Å²) in [5, 5.41) is 2.00. The molecule has 0 fully saturated rings. The number of rotatable bonds is 3. The number of aryl methyl sites for hydroxylation is 6. The van der Waals surface area contributed by atoms with Crippen LogP contribution in [0.2, 0.25) is 15.1 Å². The summed E-state index contributed by atoms with van der Waals surface area (Å²) in [4.78, 5) is 14.8. The molecule has 7 rings (SSSR count). The van der Waals surface area contributed by atoms with Crippen molar-refractivity contribution in [1.82, 2.24) is 15.0 Å². The Bertz CT molecular complexity index is 1360. The lowest BCUT2D eigenvalue weighted by Gasteiger charge is -2.14. The van der Waals surface area contributed by atoms with Crippen LogP contribution in [0.1, 0.15) is 52.6 Å². The number of hydrogen-bond acceptors (Lipinski definition) is 3. The first-order valence-corrected chi connectivity index (χ1v) is 13.9. The minimum Gasteiger partial charge on any atom is -0.208 e. The molecule has 6 heteroatoms. The molecule has 0 saturated heterocycles. The average molecular weight is 533 g/mol. The second-order valence-electron chi connectivity index (χ2n) is 10.2. The van der Waals surface area contributed by atoms with Crippen molar-refractivity contribution in [3.8, 4) is 34.2 Å². The van der Waals surface area contributed by atoms with Crippen molar-refractivity contribution >= 4 is 34.8 Å². The van der Waals surface area contributed by atoms with E-state index in [1.54, 1.807) is 0 Å². The number of halogens is 3. The van der Waals surface area contributed by atoms with Crippen LogP contribution in [0, 0.1) is 0 Å². The van der Waals surface area contributed by atoms with Crippen LogP contribution < -0.4 is 0 Å². The third kappa shape index (κ3) is 3.84. The smallest absolute Gasteiger partial charge is 0.165 e. The van der Waals surface area contributed by atoms with E-state index in [9.17, 15) is 0 Å². The maximum atomic E-state index is 6.80. The Morgan fingerprint density at radius 2 is 0.639 bits per heavy atom. The predicted molar refractivity (Wildman–Crippen MR) is 147 cm³/mol. The summed E-state index contributed by atoms with van der Waals surface area (Å²) in [5.74, 6) is 1.67. The molecule has 0 bridgehead atoms. The molecule has 3 nitrogen and oxygen atoms in total. The van der Waals surface area contributed by atoms with Gasteiger partial charge in [-0.15, -0.1) is 0 Å². The number of fused-ring (bicyclic) bond motifs is 3. The summed E-state index contributed by atoms with van der Waals surface area (Å²) in [7, 11) is 0. The Morgan fingerprint density at radius 3 is 0.917 bits per heavy atom. The minimum atomic E-state index is 0.558. The molecular weight excluding hydrogens is 509 g/mol. The normalized spacial score (nSPS) is 15.8. The maximum Gasteiger partial charge on any atom is 0.165 e. The molecule has 0 unspecified atom stereocenters. The van der Waals surface area contributed by atoms with E-state index in [0.717, 1.165) is 74.5 Å². The van der Waals surface area contributed by atoms with Gasteiger partial charge in [0.05, 0.1) is 15.1 Å². The van der Waals surface area contributed by atoms with Gasteiger partial charge in [-0.25, -0.2) is 15.0 Å². The van der Waals surface area contributed by atoms with Gasteiger partial charge in [-0.2, -0.15) is 0 Å². The van der Waals surface area contributed by atoms with Crippen LogP contribution in [0.4, 0.5) is 0 Å². The topological polar surface area (TPSA) is 38.7 Å². The van der Waals surface area contributed by atoms with Crippen LogP contribution in [0.15, 0.2) is 36.4 Å². The van der Waals surface area contributed by atoms with Gasteiger partial charge >= 0.3 is 0 Å². The van der Waals surface area contributed by atoms with Crippen molar-refractivity contribution in [3.63, 3.8) is 0 Å². The van der Waals surface area contributed by atoms with Gasteiger partial charge in [0.1, 0.15) is 0 Å². The largest absolute Gasteiger partial charge is 0.208 e. The Labute approximate surface area is 225 Å². The number of benzene rings is 3. The van der Waals surface area contributed by atoms with Gasteiger partial charge < -0.3 is 0 Å². The first kappa shape index (κ1) is 22.7. The monoisotopic (exact) mass is 531 g/mol. The first-order chi connectivity index (χ1) is 17.5. The molecule has 36 heavy (non-hydrogen) atoms. The van der Waals surface area contributed by atoms with Crippen molar-refractivity contribution in [2.75, 3.05) is 0 Å². The molecule has 0 radical (unpaired) electrons. The Kier molecular flexibility index (Phi) is 5.57. The van der Waals surface area contributed by atoms with E-state index in [0.29, 0.717) is 32.5 Å². The van der Waals surface area contributed by atoms with Gasteiger partial charge in [-0.05, 0) is 128 Å². The fourth-order valence-electron chi connectivity index (χ4n) is 6.03. The van der Waals surface area contributed by atoms with Crippen LogP contribution in [0.25, 0.3) is 34.2 Å². The van der Waals surface area contributed by atoms with E-state index < -0.39 is 0 Å². The highest BCUT2D eigenvalue weighted by Gasteiger charge is 2.23. The molecule has 3 aliphatic carbocycles. The first-order valence-electron chi connectivity index (χ1n) is 12.7. The Morgan fingerprint density at radius 1 is 0.389 bits per heavy atom. The molecule has 0 amide bonds. The number of hydrogen-bond donors (Lipinski definition) is 0. The summed E-state index contributed by atoms with van der Waals surface area (Å²) in [6.45, 7) is 0. The van der Waals surface area contributed by atoms with Gasteiger partial charge in [-0.1, -0.05) is 34.8 Å². The van der Waals surface area contributed by atoms with Gasteiger partial charge in [0.25, 0.3) is 0 Å². The molecule has 3 aliphatic rings. The molecule has 0 spiro atoms. The number of aromatic nitrogens is 3. The van der Waals surface area contributed by atoms with Crippen molar-refractivity contribution in [2.24, 2.45) is 0 Å². The summed E-state index contributed by atoms with van der Waals surface area (Å²) >= 11 is 20.4. The SMILES string of the molecule is Clc1cc2c(cc1-c1nc(-c3cc4c(cc3Cl)CCC4)nc(-c3cc4c(cc3Cl)CCC4)n1)CCC2. The molecule has 1 heterocycles. The third-order valence-electron chi connectivity index (χ3n) is 7.90. The van der Waals surface area contributed by atoms with Crippen molar-refractivity contribution in [3.05, 3.63) is 84.8 Å². The minimum absolute atomic E-state index is 0.558. The zero-order valence-electron chi connectivity index (χ0n) is 19.8. The molecule has 0 saturated carbocycles. The second-order valence-corrected chi connectivity index (χ2v) is 11.4. The molecule has 0 aliphatic heterocycles. The quantitative estimate of drug-likeness (QED) is 0.266. The highest BCUT2D eigenvalue weighted by molar-refractivity contribution is 6.34. The molecule has 180 valence electrons. The molecule has 0 N–H and O–H groups in total. The predicted octanol–water partition coefficient (Wildman–Crippen LogP) is 8.30. The zero-order valence-corrected chi connectivity index (χ0v) is 22.1. The van der Waals surface area contributed by atoms with Crippen LogP contribution in [0.3, 0.4) is 0 Å². The van der Waals surface area contributed by atoms with Crippen molar-refractivity contribution in [1.29, 1.82) is 0 Å². The zero-order chi connectivity index (χ0) is 24.4. The van der Waals surface area contributed by atoms with Crippen LogP contribution in [-0.4, -0.2) is 15.0 Å². The van der Waals surface area contributed by atoms with E-state index in [4.69, 9.17) is 49.8 Å². The van der Waals surface area contributed by atoms with Crippen molar-refractivity contribution < 1.29 is 0 Å². The molecule has 1 aromatic heterocycles. The van der Waals surface area contributed by atoms with Gasteiger partial charge in [0.15, 0.2) is 17.5 Å². The molecule has 3 aromatic carbocycles. The summed E-state index contributed by atoms with van der Waals surface area (Å²) < 4.78 is 0. The van der Waals surface area contributed by atoms with Gasteiger partial charge in [0, 0.05) is 16.7 Å². The third-order valence-corrected chi connectivity index (χ3v) is 8.84. The van der Waals surface area contributed by atoms with E-state index in [2.05, 4.69) is 36.4 Å². The van der Waals surface area contributed by atoms with Gasteiger partial charge in [0.2, 0.25) is 0 Å². The highest BCUT2D eigenvalue weighted by atomic mass is 35.5. The van der Waals surface area contributed by atoms with Crippen LogP contribution in [-0.2, 0) is 38.5 Å². The second kappa shape index (κ2) is 8.83. The van der Waals surface area contributed by atoms with Crippen LogP contribution >= 0.6 is 34.8 Å². The molecular formula is C30H24Cl3N3. The lowest BCUT2D eigenvalue weighted by molar-refractivity contribution is 0.911. The van der Waals surface area contributed by atoms with E-state index >= 15 is 0 Å². The van der Waals surface area contributed by atoms with E-state index in [-0.39, 0.29) is 0 Å². The summed E-state index contributed by atoms with van der Waals surface area (Å²) in [6.07, 6.45) is 9.82.